The lowest BCUT2D eigenvalue weighted by atomic mass is 10.5. The Morgan fingerprint density at radius 2 is 2.00 bits per heavy atom. The van der Waals surface area contributed by atoms with Crippen molar-refractivity contribution in [2.45, 2.75) is 20.8 Å². The van der Waals surface area contributed by atoms with E-state index in [1.165, 1.54) is 0 Å². The third kappa shape index (κ3) is 3.83. The van der Waals surface area contributed by atoms with Crippen molar-refractivity contribution in [3.63, 3.8) is 0 Å². The largest absolute Gasteiger partial charge is 0.234 e. The topological polar surface area (TPSA) is 9.23 Å². The van der Waals surface area contributed by atoms with Crippen LogP contribution in [0.15, 0.2) is 0 Å². The van der Waals surface area contributed by atoms with E-state index >= 15 is 0 Å². The molecule has 0 saturated carbocycles. The molecule has 0 aromatic rings. The van der Waals surface area contributed by atoms with Gasteiger partial charge >= 0.3 is 0 Å². The van der Waals surface area contributed by atoms with Gasteiger partial charge in [-0.2, -0.15) is 4.74 Å². The molecule has 0 unspecified atom stereocenters. The Bertz CT molecular complexity index is 25.1. The third-order valence-electron chi connectivity index (χ3n) is 0.433. The Morgan fingerprint density at radius 1 is 1.50 bits per heavy atom. The monoisotopic (exact) mass is 87.1 g/mol. The van der Waals surface area contributed by atoms with E-state index in [1.54, 1.807) is 0 Å². The van der Waals surface area contributed by atoms with Crippen LogP contribution in [0.3, 0.4) is 0 Å². The van der Waals surface area contributed by atoms with E-state index in [1.807, 2.05) is 20.8 Å². The molecule has 0 rings (SSSR count). The fourth-order valence-corrected chi connectivity index (χ4v) is 0.289. The van der Waals surface area contributed by atoms with Crippen LogP contribution in [0.2, 0.25) is 0 Å². The van der Waals surface area contributed by atoms with E-state index in [-0.39, 0.29) is 0 Å². The van der Waals surface area contributed by atoms with Crippen LogP contribution in [0.1, 0.15) is 20.8 Å². The highest BCUT2D eigenvalue weighted by Gasteiger charge is 1.99. The lowest BCUT2D eigenvalue weighted by molar-refractivity contribution is 0.171. The van der Waals surface area contributed by atoms with Crippen molar-refractivity contribution in [1.29, 1.82) is 0 Å². The zero-order chi connectivity index (χ0) is 4.99. The van der Waals surface area contributed by atoms with Gasteiger partial charge in [-0.1, -0.05) is 0 Å². The van der Waals surface area contributed by atoms with Crippen molar-refractivity contribution >= 4 is 0 Å². The SMILES string of the molecule is CCO[C+](C)C. The van der Waals surface area contributed by atoms with Gasteiger partial charge in [0.25, 0.3) is 0 Å². The van der Waals surface area contributed by atoms with E-state index < -0.39 is 0 Å². The van der Waals surface area contributed by atoms with Crippen LogP contribution in [-0.2, 0) is 4.74 Å². The van der Waals surface area contributed by atoms with Crippen molar-refractivity contribution in [2.24, 2.45) is 0 Å². The Balaban J connectivity index is 2.63. The van der Waals surface area contributed by atoms with Crippen molar-refractivity contribution in [1.82, 2.24) is 0 Å². The molecule has 0 saturated heterocycles. The van der Waals surface area contributed by atoms with Gasteiger partial charge in [-0.15, -0.1) is 0 Å². The second-order valence-corrected chi connectivity index (χ2v) is 1.34. The van der Waals surface area contributed by atoms with E-state index in [2.05, 4.69) is 0 Å². The second kappa shape index (κ2) is 3.04. The van der Waals surface area contributed by atoms with Crippen LogP contribution in [0.25, 0.3) is 0 Å². The van der Waals surface area contributed by atoms with Gasteiger partial charge in [0.1, 0.15) is 13.8 Å². The molecule has 0 bridgehead atoms. The molecule has 0 aromatic heterocycles. The van der Waals surface area contributed by atoms with Gasteiger partial charge in [-0.3, -0.25) is 0 Å². The van der Waals surface area contributed by atoms with Crippen molar-refractivity contribution in [3.05, 3.63) is 6.10 Å². The van der Waals surface area contributed by atoms with Gasteiger partial charge in [-0.05, 0) is 6.92 Å². The molecule has 0 aliphatic heterocycles. The maximum atomic E-state index is 4.96. The number of hydrogen-bond donors (Lipinski definition) is 0. The summed E-state index contributed by atoms with van der Waals surface area (Å²) in [7, 11) is 0. The molecule has 0 radical (unpaired) electrons. The van der Waals surface area contributed by atoms with E-state index in [0.717, 1.165) is 12.7 Å². The summed E-state index contributed by atoms with van der Waals surface area (Å²) in [6.45, 7) is 6.67. The van der Waals surface area contributed by atoms with Crippen LogP contribution in [0.4, 0.5) is 0 Å². The highest BCUT2D eigenvalue weighted by molar-refractivity contribution is 4.58. The Morgan fingerprint density at radius 3 is 2.00 bits per heavy atom. The molecule has 0 heterocycles. The van der Waals surface area contributed by atoms with Gasteiger partial charge in [0.2, 0.25) is 6.10 Å². The van der Waals surface area contributed by atoms with Gasteiger partial charge < -0.3 is 0 Å². The molecule has 0 atom stereocenters. The predicted molar refractivity (Wildman–Crippen MR) is 26.2 cm³/mol. The molecule has 1 nitrogen and oxygen atoms in total. The van der Waals surface area contributed by atoms with Gasteiger partial charge in [0, 0.05) is 0 Å². The highest BCUT2D eigenvalue weighted by Crippen LogP contribution is 1.93. The minimum Gasteiger partial charge on any atom is -0.195 e. The third-order valence-corrected chi connectivity index (χ3v) is 0.433. The molecule has 0 N–H and O–H groups in total. The molecule has 0 fully saturated rings. The van der Waals surface area contributed by atoms with Gasteiger partial charge in [0.15, 0.2) is 0 Å². The quantitative estimate of drug-likeness (QED) is 0.465. The molecule has 6 heavy (non-hydrogen) atoms. The van der Waals surface area contributed by atoms with Gasteiger partial charge in [0.05, 0.1) is 6.61 Å². The van der Waals surface area contributed by atoms with Crippen LogP contribution < -0.4 is 0 Å². The average molecular weight is 87.1 g/mol. The molecular formula is C5H11O+. The molecular weight excluding hydrogens is 76.1 g/mol. The Hall–Kier alpha value is -0.170. The summed E-state index contributed by atoms with van der Waals surface area (Å²) in [5, 5.41) is 0. The van der Waals surface area contributed by atoms with Crippen molar-refractivity contribution < 1.29 is 4.74 Å². The first-order chi connectivity index (χ1) is 2.77. The maximum Gasteiger partial charge on any atom is 0.234 e. The minimum absolute atomic E-state index is 0.794. The molecule has 0 spiro atoms. The fraction of sp³-hybridized carbons (Fsp3) is 0.800. The number of hydrogen-bond acceptors (Lipinski definition) is 1. The zero-order valence-corrected chi connectivity index (χ0v) is 4.62. The molecule has 0 aromatic carbocycles. The smallest absolute Gasteiger partial charge is 0.195 e. The lowest BCUT2D eigenvalue weighted by Gasteiger charge is -1.85. The average Bonchev–Trinajstić information content (AvgIpc) is 1.35. The summed E-state index contributed by atoms with van der Waals surface area (Å²) in [4.78, 5) is 0. The fourth-order valence-electron chi connectivity index (χ4n) is 0.289. The lowest BCUT2D eigenvalue weighted by Crippen LogP contribution is -1.90. The van der Waals surface area contributed by atoms with Crippen LogP contribution in [-0.4, -0.2) is 6.61 Å². The summed E-state index contributed by atoms with van der Waals surface area (Å²) in [6.07, 6.45) is 1.04. The van der Waals surface area contributed by atoms with Crippen molar-refractivity contribution in [3.8, 4) is 0 Å². The summed E-state index contributed by atoms with van der Waals surface area (Å²) in [5.41, 5.74) is 0. The number of rotatable bonds is 2. The number of ether oxygens (including phenoxy) is 1. The molecule has 1 heteroatoms. The first kappa shape index (κ1) is 5.83. The Kier molecular flexibility index (Phi) is 2.95. The van der Waals surface area contributed by atoms with Crippen LogP contribution in [0.5, 0.6) is 0 Å². The first-order valence-electron chi connectivity index (χ1n) is 2.20. The normalized spacial score (nSPS) is 8.50. The molecule has 0 amide bonds. The summed E-state index contributed by atoms with van der Waals surface area (Å²) >= 11 is 0. The highest BCUT2D eigenvalue weighted by atomic mass is 16.5. The van der Waals surface area contributed by atoms with Crippen LogP contribution >= 0.6 is 0 Å². The van der Waals surface area contributed by atoms with Crippen molar-refractivity contribution in [2.75, 3.05) is 6.61 Å². The summed E-state index contributed by atoms with van der Waals surface area (Å²) < 4.78 is 4.96. The maximum absolute atomic E-state index is 4.96. The molecule has 36 valence electrons. The van der Waals surface area contributed by atoms with E-state index in [0.29, 0.717) is 0 Å². The first-order valence-corrected chi connectivity index (χ1v) is 2.20. The molecule has 0 aliphatic carbocycles. The predicted octanol–water partition coefficient (Wildman–Crippen LogP) is 1.59. The minimum atomic E-state index is 0.794. The van der Waals surface area contributed by atoms with Crippen LogP contribution in [0, 0.1) is 6.10 Å². The van der Waals surface area contributed by atoms with E-state index in [9.17, 15) is 0 Å². The van der Waals surface area contributed by atoms with Gasteiger partial charge in [-0.25, -0.2) is 0 Å². The summed E-state index contributed by atoms with van der Waals surface area (Å²) in [5.74, 6) is 0. The second-order valence-electron chi connectivity index (χ2n) is 1.34. The molecule has 0 aliphatic rings. The zero-order valence-electron chi connectivity index (χ0n) is 4.62. The summed E-state index contributed by atoms with van der Waals surface area (Å²) in [6, 6.07) is 0. The van der Waals surface area contributed by atoms with E-state index in [4.69, 9.17) is 4.74 Å². The standard InChI is InChI=1S/C5H11O/c1-4-6-5(2)3/h4H2,1-3H3/q+1. The Labute approximate surface area is 39.3 Å².